The van der Waals surface area contributed by atoms with Gasteiger partial charge in [0.2, 0.25) is 0 Å². The van der Waals surface area contributed by atoms with Crippen LogP contribution in [0.3, 0.4) is 0 Å². The number of benzene rings is 1. The van der Waals surface area contributed by atoms with Gasteiger partial charge in [0.25, 0.3) is 0 Å². The fourth-order valence-electron chi connectivity index (χ4n) is 1.57. The third kappa shape index (κ3) is 6.63. The second-order valence-electron chi connectivity index (χ2n) is 5.74. The third-order valence-electron chi connectivity index (χ3n) is 2.55. The van der Waals surface area contributed by atoms with E-state index in [9.17, 15) is 9.18 Å². The van der Waals surface area contributed by atoms with Gasteiger partial charge >= 0.3 is 6.09 Å². The molecule has 0 atom stereocenters. The lowest BCUT2D eigenvalue weighted by molar-refractivity contribution is 0.0529. The zero-order valence-corrected chi connectivity index (χ0v) is 13.6. The Morgan fingerprint density at radius 3 is 2.71 bits per heavy atom. The molecule has 1 aromatic carbocycles. The van der Waals surface area contributed by atoms with Gasteiger partial charge in [-0.15, -0.1) is 0 Å². The summed E-state index contributed by atoms with van der Waals surface area (Å²) in [6.45, 7) is 7.53. The summed E-state index contributed by atoms with van der Waals surface area (Å²) in [6, 6.07) is 2.99. The molecule has 0 aliphatic carbocycles. The van der Waals surface area contributed by atoms with Gasteiger partial charge in [-0.25, -0.2) is 9.18 Å². The van der Waals surface area contributed by atoms with Crippen molar-refractivity contribution >= 4 is 23.8 Å². The molecule has 0 unspecified atom stereocenters. The van der Waals surface area contributed by atoms with Crippen LogP contribution < -0.4 is 5.32 Å². The SMILES string of the molecule is Cc1cc(Cl)c(C=CCCNC(=O)OC(C)(C)C)cc1F. The Kier molecular flexibility index (Phi) is 6.21. The Morgan fingerprint density at radius 2 is 2.10 bits per heavy atom. The summed E-state index contributed by atoms with van der Waals surface area (Å²) in [5, 5.41) is 3.15. The van der Waals surface area contributed by atoms with E-state index >= 15 is 0 Å². The minimum absolute atomic E-state index is 0.286. The predicted molar refractivity (Wildman–Crippen MR) is 84.0 cm³/mol. The highest BCUT2D eigenvalue weighted by atomic mass is 35.5. The predicted octanol–water partition coefficient (Wildman–Crippen LogP) is 4.72. The molecule has 0 aliphatic rings. The number of rotatable bonds is 4. The highest BCUT2D eigenvalue weighted by Gasteiger charge is 2.15. The van der Waals surface area contributed by atoms with E-state index in [-0.39, 0.29) is 5.82 Å². The minimum atomic E-state index is -0.507. The molecule has 0 saturated carbocycles. The zero-order valence-electron chi connectivity index (χ0n) is 12.8. The van der Waals surface area contributed by atoms with Crippen LogP contribution in [-0.2, 0) is 4.74 Å². The van der Waals surface area contributed by atoms with Crippen molar-refractivity contribution in [1.82, 2.24) is 5.32 Å². The van der Waals surface area contributed by atoms with Crippen molar-refractivity contribution in [2.75, 3.05) is 6.54 Å². The molecule has 5 heteroatoms. The van der Waals surface area contributed by atoms with Crippen molar-refractivity contribution in [2.45, 2.75) is 39.7 Å². The molecule has 3 nitrogen and oxygen atoms in total. The van der Waals surface area contributed by atoms with Crippen LogP contribution in [0.25, 0.3) is 6.08 Å². The molecule has 0 saturated heterocycles. The van der Waals surface area contributed by atoms with Gasteiger partial charge in [-0.2, -0.15) is 0 Å². The third-order valence-corrected chi connectivity index (χ3v) is 2.88. The van der Waals surface area contributed by atoms with Crippen LogP contribution in [0.5, 0.6) is 0 Å². The van der Waals surface area contributed by atoms with E-state index in [4.69, 9.17) is 16.3 Å². The van der Waals surface area contributed by atoms with E-state index in [0.717, 1.165) is 0 Å². The van der Waals surface area contributed by atoms with Crippen LogP contribution in [-0.4, -0.2) is 18.2 Å². The molecule has 0 radical (unpaired) electrons. The molecule has 0 fully saturated rings. The highest BCUT2D eigenvalue weighted by molar-refractivity contribution is 6.32. The molecular weight excluding hydrogens is 293 g/mol. The molecule has 0 aromatic heterocycles. The Bertz CT molecular complexity index is 536. The number of ether oxygens (including phenoxy) is 1. The van der Waals surface area contributed by atoms with Gasteiger partial charge in [0.05, 0.1) is 0 Å². The summed E-state index contributed by atoms with van der Waals surface area (Å²) in [4.78, 5) is 11.4. The number of carbonyl (C=O) groups is 1. The fraction of sp³-hybridized carbons (Fsp3) is 0.438. The average molecular weight is 314 g/mol. The molecule has 1 amide bonds. The van der Waals surface area contributed by atoms with Gasteiger partial charge in [0.1, 0.15) is 11.4 Å². The van der Waals surface area contributed by atoms with Crippen molar-refractivity contribution in [2.24, 2.45) is 0 Å². The van der Waals surface area contributed by atoms with Gasteiger partial charge in [-0.1, -0.05) is 23.8 Å². The van der Waals surface area contributed by atoms with Crippen LogP contribution in [0.15, 0.2) is 18.2 Å². The number of alkyl carbamates (subject to hydrolysis) is 1. The van der Waals surface area contributed by atoms with Crippen LogP contribution in [0, 0.1) is 12.7 Å². The lowest BCUT2D eigenvalue weighted by Crippen LogP contribution is -2.32. The van der Waals surface area contributed by atoms with Crippen LogP contribution in [0.2, 0.25) is 5.02 Å². The summed E-state index contributed by atoms with van der Waals surface area (Å²) < 4.78 is 18.5. The molecule has 21 heavy (non-hydrogen) atoms. The molecule has 1 aromatic rings. The van der Waals surface area contributed by atoms with Gasteiger partial charge in [0, 0.05) is 11.6 Å². The number of nitrogens with one attached hydrogen (secondary N) is 1. The first-order valence-corrected chi connectivity index (χ1v) is 7.16. The molecule has 0 heterocycles. The van der Waals surface area contributed by atoms with Crippen molar-refractivity contribution in [3.05, 3.63) is 40.2 Å². The number of hydrogen-bond acceptors (Lipinski definition) is 2. The van der Waals surface area contributed by atoms with Crippen molar-refractivity contribution in [3.63, 3.8) is 0 Å². The van der Waals surface area contributed by atoms with E-state index in [1.54, 1.807) is 39.8 Å². The largest absolute Gasteiger partial charge is 0.444 e. The Labute approximate surface area is 130 Å². The molecule has 1 N–H and O–H groups in total. The zero-order chi connectivity index (χ0) is 16.0. The first-order chi connectivity index (χ1) is 9.69. The van der Waals surface area contributed by atoms with Gasteiger partial charge in [-0.3, -0.25) is 0 Å². The number of aryl methyl sites for hydroxylation is 1. The topological polar surface area (TPSA) is 38.3 Å². The molecule has 0 aliphatic heterocycles. The molecule has 0 spiro atoms. The van der Waals surface area contributed by atoms with Crippen molar-refractivity contribution in [1.29, 1.82) is 0 Å². The van der Waals surface area contributed by atoms with Crippen LogP contribution in [0.4, 0.5) is 9.18 Å². The summed E-state index contributed by atoms with van der Waals surface area (Å²) >= 11 is 6.03. The lowest BCUT2D eigenvalue weighted by atomic mass is 10.1. The van der Waals surface area contributed by atoms with Crippen LogP contribution >= 0.6 is 11.6 Å². The highest BCUT2D eigenvalue weighted by Crippen LogP contribution is 2.21. The first-order valence-electron chi connectivity index (χ1n) is 6.78. The van der Waals surface area contributed by atoms with Gasteiger partial charge in [0.15, 0.2) is 0 Å². The van der Waals surface area contributed by atoms with E-state index in [1.807, 2.05) is 6.08 Å². The van der Waals surface area contributed by atoms with Crippen LogP contribution in [0.1, 0.15) is 38.3 Å². The van der Waals surface area contributed by atoms with Crippen molar-refractivity contribution < 1.29 is 13.9 Å². The maximum atomic E-state index is 13.4. The first kappa shape index (κ1) is 17.5. The molecule has 0 bridgehead atoms. The molecule has 116 valence electrons. The minimum Gasteiger partial charge on any atom is -0.444 e. The average Bonchev–Trinajstić information content (AvgIpc) is 2.32. The summed E-state index contributed by atoms with van der Waals surface area (Å²) in [5.74, 6) is -0.286. The maximum Gasteiger partial charge on any atom is 0.407 e. The van der Waals surface area contributed by atoms with E-state index < -0.39 is 11.7 Å². The van der Waals surface area contributed by atoms with Crippen molar-refractivity contribution in [3.8, 4) is 0 Å². The number of hydrogen-bond donors (Lipinski definition) is 1. The second kappa shape index (κ2) is 7.46. The fourth-order valence-corrected chi connectivity index (χ4v) is 1.85. The molecule has 1 rings (SSSR count). The number of halogens is 2. The number of carbonyl (C=O) groups excluding carboxylic acids is 1. The standard InChI is InChI=1S/C16H21ClFNO2/c1-11-9-13(17)12(10-14(11)18)7-5-6-8-19-15(20)21-16(2,3)4/h5,7,9-10H,6,8H2,1-4H3,(H,19,20). The summed E-state index contributed by atoms with van der Waals surface area (Å²) in [6.07, 6.45) is 3.72. The van der Waals surface area contributed by atoms with Gasteiger partial charge < -0.3 is 10.1 Å². The van der Waals surface area contributed by atoms with E-state index in [0.29, 0.717) is 29.1 Å². The Hall–Kier alpha value is -1.55. The quantitative estimate of drug-likeness (QED) is 0.817. The lowest BCUT2D eigenvalue weighted by Gasteiger charge is -2.19. The molecular formula is C16H21ClFNO2. The summed E-state index contributed by atoms with van der Waals surface area (Å²) in [5.41, 5.74) is 0.633. The van der Waals surface area contributed by atoms with Gasteiger partial charge in [-0.05, 0) is 57.4 Å². The Morgan fingerprint density at radius 1 is 1.43 bits per heavy atom. The maximum absolute atomic E-state index is 13.4. The van der Waals surface area contributed by atoms with E-state index in [2.05, 4.69) is 5.32 Å². The monoisotopic (exact) mass is 313 g/mol. The summed E-state index contributed by atoms with van der Waals surface area (Å²) in [7, 11) is 0. The smallest absolute Gasteiger partial charge is 0.407 e. The normalized spacial score (nSPS) is 11.7. The second-order valence-corrected chi connectivity index (χ2v) is 6.15. The Balaban J connectivity index is 2.43. The van der Waals surface area contributed by atoms with E-state index in [1.165, 1.54) is 6.07 Å². The number of amides is 1.